The molecule has 0 saturated carbocycles. The molecule has 0 spiro atoms. The molecule has 0 fully saturated rings. The summed E-state index contributed by atoms with van der Waals surface area (Å²) < 4.78 is 21.9. The Kier molecular flexibility index (Phi) is 21.3. The van der Waals surface area contributed by atoms with Crippen LogP contribution >= 0.6 is 0 Å². The lowest BCUT2D eigenvalue weighted by atomic mass is 9.96. The lowest BCUT2D eigenvalue weighted by molar-refractivity contribution is -0.132. The minimum atomic E-state index is -0.135. The first-order valence-corrected chi connectivity index (χ1v) is 17.5. The van der Waals surface area contributed by atoms with Crippen molar-refractivity contribution in [1.82, 2.24) is 15.1 Å². The topological polar surface area (TPSA) is 142 Å². The number of rotatable bonds is 26. The number of allylic oxidation sites excluding steroid dienone is 4. The smallest absolute Gasteiger partial charge is 0.222 e. The first-order valence-electron chi connectivity index (χ1n) is 17.5. The lowest BCUT2D eigenvalue weighted by Crippen LogP contribution is -2.36. The Labute approximate surface area is 283 Å². The monoisotopic (exact) mass is 661 g/mol. The van der Waals surface area contributed by atoms with Gasteiger partial charge < -0.3 is 45.5 Å². The van der Waals surface area contributed by atoms with Crippen LogP contribution in [-0.4, -0.2) is 121 Å². The van der Waals surface area contributed by atoms with E-state index in [-0.39, 0.29) is 30.1 Å². The molecule has 47 heavy (non-hydrogen) atoms. The lowest BCUT2D eigenvalue weighted by Gasteiger charge is -2.25. The molecule has 0 bridgehead atoms. The molecule has 3 atom stereocenters. The number of nitrogens with two attached hydrogens (primary N) is 2. The molecule has 2 rings (SSSR count). The van der Waals surface area contributed by atoms with Gasteiger partial charge in [-0.3, -0.25) is 9.59 Å². The molecular formula is C36H63N5O6. The van der Waals surface area contributed by atoms with Gasteiger partial charge >= 0.3 is 0 Å². The van der Waals surface area contributed by atoms with Gasteiger partial charge in [0.2, 0.25) is 11.8 Å². The van der Waals surface area contributed by atoms with Crippen LogP contribution in [0.15, 0.2) is 47.3 Å². The maximum atomic E-state index is 13.2. The van der Waals surface area contributed by atoms with E-state index < -0.39 is 0 Å². The van der Waals surface area contributed by atoms with Gasteiger partial charge in [0.1, 0.15) is 24.1 Å². The molecule has 0 aromatic heterocycles. The largest absolute Gasteiger partial charge is 0.498 e. The van der Waals surface area contributed by atoms with Crippen molar-refractivity contribution in [2.45, 2.75) is 88.9 Å². The molecule has 5 N–H and O–H groups in total. The van der Waals surface area contributed by atoms with E-state index >= 15 is 0 Å². The summed E-state index contributed by atoms with van der Waals surface area (Å²) in [7, 11) is 6.68. The summed E-state index contributed by atoms with van der Waals surface area (Å²) in [6.07, 6.45) is 18.2. The zero-order valence-corrected chi connectivity index (χ0v) is 29.6. The fourth-order valence-electron chi connectivity index (χ4n) is 5.94. The molecule has 0 aromatic rings. The normalized spacial score (nSPS) is 19.2. The molecule has 2 amide bonds. The number of hydrogen-bond donors (Lipinski definition) is 3. The molecule has 0 aliphatic heterocycles. The first-order chi connectivity index (χ1) is 22.9. The summed E-state index contributed by atoms with van der Waals surface area (Å²) >= 11 is 0. The van der Waals surface area contributed by atoms with E-state index in [2.05, 4.69) is 17.5 Å². The van der Waals surface area contributed by atoms with E-state index in [4.69, 9.17) is 30.4 Å². The van der Waals surface area contributed by atoms with Crippen LogP contribution in [0, 0.1) is 0 Å². The second-order valence-corrected chi connectivity index (χ2v) is 12.2. The minimum absolute atomic E-state index is 0.0940. The van der Waals surface area contributed by atoms with Crippen LogP contribution in [0.3, 0.4) is 0 Å². The van der Waals surface area contributed by atoms with Gasteiger partial charge in [-0.15, -0.1) is 0 Å². The summed E-state index contributed by atoms with van der Waals surface area (Å²) in [6, 6.07) is 0. The standard InChI is InChI=1S/C36H63N5O6/c1-44-31-15-11-29(27-33(31)46-3)13-17-35(42)40(23-7-5-19-37)25-9-21-39-22-10-26-41(24-8-6-20-38)36(43)18-14-30-12-16-32(45-2)34(28-30)47-4/h11-12,15-16,27,31,33-34,39H,5-10,13-14,17-26,28,37-38H2,1-4H3. The van der Waals surface area contributed by atoms with Crippen LogP contribution in [0.1, 0.15) is 70.6 Å². The molecule has 0 radical (unpaired) electrons. The maximum absolute atomic E-state index is 13.2. The molecule has 268 valence electrons. The zero-order chi connectivity index (χ0) is 34.3. The highest BCUT2D eigenvalue weighted by atomic mass is 16.5. The molecule has 0 aromatic carbocycles. The highest BCUT2D eigenvalue weighted by molar-refractivity contribution is 5.77. The third kappa shape index (κ3) is 15.5. The van der Waals surface area contributed by atoms with Crippen molar-refractivity contribution in [1.29, 1.82) is 0 Å². The number of nitrogens with zero attached hydrogens (tertiary/aromatic N) is 2. The van der Waals surface area contributed by atoms with Crippen LogP contribution in [0.4, 0.5) is 0 Å². The van der Waals surface area contributed by atoms with E-state index in [1.54, 1.807) is 28.4 Å². The second-order valence-electron chi connectivity index (χ2n) is 12.2. The molecule has 0 saturated heterocycles. The molecule has 2 aliphatic rings. The summed E-state index contributed by atoms with van der Waals surface area (Å²) in [5.41, 5.74) is 13.7. The predicted octanol–water partition coefficient (Wildman–Crippen LogP) is 3.45. The van der Waals surface area contributed by atoms with Crippen molar-refractivity contribution in [3.05, 3.63) is 47.3 Å². The molecule has 2 aliphatic carbocycles. The van der Waals surface area contributed by atoms with E-state index in [1.807, 2.05) is 28.0 Å². The van der Waals surface area contributed by atoms with Crippen LogP contribution in [-0.2, 0) is 28.5 Å². The maximum Gasteiger partial charge on any atom is 0.222 e. The highest BCUT2D eigenvalue weighted by Crippen LogP contribution is 2.25. The summed E-state index contributed by atoms with van der Waals surface area (Å²) in [6.45, 7) is 5.78. The fraction of sp³-hybridized carbons (Fsp3) is 0.722. The Morgan fingerprint density at radius 1 is 0.766 bits per heavy atom. The van der Waals surface area contributed by atoms with Gasteiger partial charge in [-0.2, -0.15) is 0 Å². The summed E-state index contributed by atoms with van der Waals surface area (Å²) in [5.74, 6) is 1.17. The number of nitrogens with one attached hydrogen (secondary N) is 1. The number of ether oxygens (including phenoxy) is 4. The SMILES string of the molecule is COC1=CC=C(CCC(=O)N(CCCCN)CCCNCCCN(CCCCN)C(=O)CCC2=CC(OC)C(OC)C=C2)CC1OC. The molecule has 3 unspecified atom stereocenters. The number of methoxy groups -OCH3 is 4. The number of carbonyl (C=O) groups excluding carboxylic acids is 2. The minimum Gasteiger partial charge on any atom is -0.498 e. The highest BCUT2D eigenvalue weighted by Gasteiger charge is 2.22. The van der Waals surface area contributed by atoms with Crippen molar-refractivity contribution in [2.24, 2.45) is 11.5 Å². The van der Waals surface area contributed by atoms with E-state index in [1.165, 1.54) is 5.57 Å². The number of carbonyl (C=O) groups is 2. The van der Waals surface area contributed by atoms with Crippen LogP contribution in [0.5, 0.6) is 0 Å². The number of hydrogen-bond acceptors (Lipinski definition) is 9. The third-order valence-electron chi connectivity index (χ3n) is 8.84. The third-order valence-corrected chi connectivity index (χ3v) is 8.84. The summed E-state index contributed by atoms with van der Waals surface area (Å²) in [5, 5.41) is 3.52. The zero-order valence-electron chi connectivity index (χ0n) is 29.6. The van der Waals surface area contributed by atoms with Gasteiger partial charge in [0, 0.05) is 66.8 Å². The van der Waals surface area contributed by atoms with Gasteiger partial charge in [0.05, 0.1) is 7.11 Å². The quantitative estimate of drug-likeness (QED) is 0.119. The van der Waals surface area contributed by atoms with E-state index in [0.717, 1.165) is 82.5 Å². The van der Waals surface area contributed by atoms with E-state index in [9.17, 15) is 9.59 Å². The molecular weight excluding hydrogens is 598 g/mol. The number of unbranched alkanes of at least 4 members (excludes halogenated alkanes) is 2. The second kappa shape index (κ2) is 24.6. The van der Waals surface area contributed by atoms with Crippen LogP contribution in [0.25, 0.3) is 0 Å². The van der Waals surface area contributed by atoms with Crippen LogP contribution < -0.4 is 16.8 Å². The van der Waals surface area contributed by atoms with Crippen LogP contribution in [0.2, 0.25) is 0 Å². The number of amides is 2. The Morgan fingerprint density at radius 2 is 1.34 bits per heavy atom. The molecule has 0 heterocycles. The Morgan fingerprint density at radius 3 is 1.87 bits per heavy atom. The van der Waals surface area contributed by atoms with Gasteiger partial charge in [-0.05, 0) is 95.3 Å². The average Bonchev–Trinajstić information content (AvgIpc) is 3.10. The van der Waals surface area contributed by atoms with Gasteiger partial charge in [-0.25, -0.2) is 0 Å². The van der Waals surface area contributed by atoms with Crippen molar-refractivity contribution in [2.75, 3.05) is 80.8 Å². The van der Waals surface area contributed by atoms with E-state index in [0.29, 0.717) is 51.9 Å². The fourth-order valence-corrected chi connectivity index (χ4v) is 5.94. The molecule has 11 nitrogen and oxygen atoms in total. The summed E-state index contributed by atoms with van der Waals surface area (Å²) in [4.78, 5) is 30.3. The first kappa shape index (κ1) is 40.6. The van der Waals surface area contributed by atoms with Gasteiger partial charge in [0.15, 0.2) is 0 Å². The Bertz CT molecular complexity index is 1030. The molecule has 11 heteroatoms. The Hall–Kier alpha value is -2.54. The van der Waals surface area contributed by atoms with Gasteiger partial charge in [-0.1, -0.05) is 23.8 Å². The Balaban J connectivity index is 1.76. The van der Waals surface area contributed by atoms with Gasteiger partial charge in [0.25, 0.3) is 0 Å². The average molecular weight is 662 g/mol. The predicted molar refractivity (Wildman–Crippen MR) is 188 cm³/mol. The van der Waals surface area contributed by atoms with Crippen molar-refractivity contribution in [3.63, 3.8) is 0 Å². The van der Waals surface area contributed by atoms with Crippen molar-refractivity contribution >= 4 is 11.8 Å². The van der Waals surface area contributed by atoms with Crippen molar-refractivity contribution < 1.29 is 28.5 Å². The van der Waals surface area contributed by atoms with Crippen molar-refractivity contribution in [3.8, 4) is 0 Å².